The molecular formula is C23H50O4Si2. The molecule has 4 nitrogen and oxygen atoms in total. The first kappa shape index (κ1) is 29.0. The average Bonchev–Trinajstić information content (AvgIpc) is 2.59. The summed E-state index contributed by atoms with van der Waals surface area (Å²) < 4.78 is 13.4. The van der Waals surface area contributed by atoms with Crippen molar-refractivity contribution in [2.24, 2.45) is 17.8 Å². The molecule has 0 aliphatic heterocycles. The van der Waals surface area contributed by atoms with Gasteiger partial charge >= 0.3 is 0 Å². The Morgan fingerprint density at radius 2 is 1.41 bits per heavy atom. The summed E-state index contributed by atoms with van der Waals surface area (Å²) in [5, 5.41) is 11.1. The van der Waals surface area contributed by atoms with E-state index in [-0.39, 0.29) is 40.8 Å². The molecule has 0 rings (SSSR count). The SMILES string of the molecule is CCC(=O)[C@H](C)[C@@H](O)[C@@H](C)[C@@H](O[Si](C)(C)C(C)(C)C)[C@@H](C)[C@@H](CC)O[Si](C)(C)C. The van der Waals surface area contributed by atoms with Gasteiger partial charge in [-0.05, 0) is 44.2 Å². The predicted octanol–water partition coefficient (Wildman–Crippen LogP) is 6.26. The maximum absolute atomic E-state index is 12.3. The van der Waals surface area contributed by atoms with E-state index < -0.39 is 22.7 Å². The molecule has 0 aromatic rings. The van der Waals surface area contributed by atoms with Crippen LogP contribution in [0.1, 0.15) is 68.2 Å². The van der Waals surface area contributed by atoms with Crippen molar-refractivity contribution in [1.82, 2.24) is 0 Å². The van der Waals surface area contributed by atoms with Crippen molar-refractivity contribution in [2.45, 2.75) is 124 Å². The molecule has 0 radical (unpaired) electrons. The first-order valence-corrected chi connectivity index (χ1v) is 17.8. The second-order valence-electron chi connectivity index (χ2n) is 11.3. The number of aliphatic hydroxyl groups is 1. The summed E-state index contributed by atoms with van der Waals surface area (Å²) in [5.74, 6) is -0.294. The van der Waals surface area contributed by atoms with Gasteiger partial charge in [0.2, 0.25) is 0 Å². The van der Waals surface area contributed by atoms with E-state index in [0.717, 1.165) is 6.42 Å². The van der Waals surface area contributed by atoms with Gasteiger partial charge in [-0.3, -0.25) is 4.79 Å². The van der Waals surface area contributed by atoms with Crippen LogP contribution >= 0.6 is 0 Å². The highest BCUT2D eigenvalue weighted by Crippen LogP contribution is 2.41. The van der Waals surface area contributed by atoms with Crippen LogP contribution in [0.5, 0.6) is 0 Å². The van der Waals surface area contributed by atoms with Crippen LogP contribution in [-0.2, 0) is 13.6 Å². The van der Waals surface area contributed by atoms with Gasteiger partial charge < -0.3 is 14.0 Å². The molecule has 0 aliphatic carbocycles. The fourth-order valence-electron chi connectivity index (χ4n) is 3.60. The maximum Gasteiger partial charge on any atom is 0.192 e. The summed E-state index contributed by atoms with van der Waals surface area (Å²) in [4.78, 5) is 12.3. The van der Waals surface area contributed by atoms with E-state index in [0.29, 0.717) is 6.42 Å². The Labute approximate surface area is 183 Å². The third kappa shape index (κ3) is 8.56. The lowest BCUT2D eigenvalue weighted by Gasteiger charge is -2.46. The maximum atomic E-state index is 12.3. The average molecular weight is 447 g/mol. The van der Waals surface area contributed by atoms with Gasteiger partial charge in [0.05, 0.1) is 12.2 Å². The highest BCUT2D eigenvalue weighted by atomic mass is 28.4. The summed E-state index contributed by atoms with van der Waals surface area (Å²) in [5.41, 5.74) is 0. The fraction of sp³-hybridized carbons (Fsp3) is 0.957. The highest BCUT2D eigenvalue weighted by Gasteiger charge is 2.45. The van der Waals surface area contributed by atoms with Crippen molar-refractivity contribution in [3.8, 4) is 0 Å². The van der Waals surface area contributed by atoms with E-state index >= 15 is 0 Å². The lowest BCUT2D eigenvalue weighted by molar-refractivity contribution is -0.128. The predicted molar refractivity (Wildman–Crippen MR) is 129 cm³/mol. The van der Waals surface area contributed by atoms with Gasteiger partial charge in [-0.1, -0.05) is 55.4 Å². The first-order valence-electron chi connectivity index (χ1n) is 11.5. The van der Waals surface area contributed by atoms with Crippen molar-refractivity contribution >= 4 is 22.4 Å². The lowest BCUT2D eigenvalue weighted by atomic mass is 9.80. The Hall–Kier alpha value is -0.0162. The van der Waals surface area contributed by atoms with Gasteiger partial charge in [0.1, 0.15) is 5.78 Å². The van der Waals surface area contributed by atoms with E-state index in [4.69, 9.17) is 8.85 Å². The summed E-state index contributed by atoms with van der Waals surface area (Å²) in [6.07, 6.45) is 0.575. The number of hydrogen-bond donors (Lipinski definition) is 1. The molecule has 174 valence electrons. The fourth-order valence-corrected chi connectivity index (χ4v) is 6.35. The third-order valence-corrected chi connectivity index (χ3v) is 12.2. The number of ketones is 1. The molecule has 1 N–H and O–H groups in total. The van der Waals surface area contributed by atoms with E-state index in [1.807, 2.05) is 20.8 Å². The highest BCUT2D eigenvalue weighted by molar-refractivity contribution is 6.74. The van der Waals surface area contributed by atoms with E-state index in [9.17, 15) is 9.90 Å². The van der Waals surface area contributed by atoms with Crippen LogP contribution in [0, 0.1) is 17.8 Å². The van der Waals surface area contributed by atoms with Crippen LogP contribution in [0.3, 0.4) is 0 Å². The number of rotatable bonds is 12. The molecule has 6 heteroatoms. The molecule has 0 aliphatic rings. The van der Waals surface area contributed by atoms with E-state index in [1.165, 1.54) is 0 Å². The van der Waals surface area contributed by atoms with Crippen LogP contribution in [0.15, 0.2) is 0 Å². The van der Waals surface area contributed by atoms with E-state index in [1.54, 1.807) is 0 Å². The molecule has 0 saturated carbocycles. The van der Waals surface area contributed by atoms with Gasteiger partial charge in [-0.2, -0.15) is 0 Å². The minimum Gasteiger partial charge on any atom is -0.414 e. The smallest absolute Gasteiger partial charge is 0.192 e. The van der Waals surface area contributed by atoms with Crippen LogP contribution in [0.4, 0.5) is 0 Å². The largest absolute Gasteiger partial charge is 0.414 e. The molecule has 0 saturated heterocycles. The molecule has 0 spiro atoms. The van der Waals surface area contributed by atoms with Crippen LogP contribution in [0.25, 0.3) is 0 Å². The number of Topliss-reactive ketones (excluding diaryl/α,β-unsaturated/α-hetero) is 1. The Bertz CT molecular complexity index is 508. The summed E-state index contributed by atoms with van der Waals surface area (Å²) >= 11 is 0. The second kappa shape index (κ2) is 11.0. The third-order valence-electron chi connectivity index (χ3n) is 6.67. The van der Waals surface area contributed by atoms with Crippen LogP contribution in [-0.4, -0.2) is 45.8 Å². The molecule has 0 aromatic heterocycles. The Morgan fingerprint density at radius 1 is 0.931 bits per heavy atom. The van der Waals surface area contributed by atoms with Crippen LogP contribution < -0.4 is 0 Å². The van der Waals surface area contributed by atoms with Crippen molar-refractivity contribution in [3.63, 3.8) is 0 Å². The molecule has 0 amide bonds. The summed E-state index contributed by atoms with van der Waals surface area (Å²) in [7, 11) is -3.78. The van der Waals surface area contributed by atoms with Gasteiger partial charge in [-0.25, -0.2) is 0 Å². The number of carbonyl (C=O) groups is 1. The van der Waals surface area contributed by atoms with Gasteiger partial charge in [0.15, 0.2) is 16.6 Å². The number of carbonyl (C=O) groups excluding carboxylic acids is 1. The molecule has 6 atom stereocenters. The zero-order valence-corrected chi connectivity index (χ0v) is 23.6. The Balaban J connectivity index is 5.96. The molecule has 0 bridgehead atoms. The van der Waals surface area contributed by atoms with Crippen LogP contribution in [0.2, 0.25) is 37.8 Å². The Morgan fingerprint density at radius 3 is 1.76 bits per heavy atom. The Kier molecular flexibility index (Phi) is 11.0. The topological polar surface area (TPSA) is 55.8 Å². The monoisotopic (exact) mass is 446 g/mol. The lowest BCUT2D eigenvalue weighted by Crippen LogP contribution is -2.53. The molecule has 29 heavy (non-hydrogen) atoms. The normalized spacial score (nSPS) is 19.9. The minimum atomic E-state index is -2.07. The van der Waals surface area contributed by atoms with Crippen molar-refractivity contribution in [3.05, 3.63) is 0 Å². The molecule has 0 aromatic carbocycles. The van der Waals surface area contributed by atoms with Crippen molar-refractivity contribution in [1.29, 1.82) is 0 Å². The van der Waals surface area contributed by atoms with Gasteiger partial charge in [0.25, 0.3) is 0 Å². The molecule has 0 fully saturated rings. The number of hydrogen-bond acceptors (Lipinski definition) is 4. The zero-order valence-electron chi connectivity index (χ0n) is 21.6. The van der Waals surface area contributed by atoms with E-state index in [2.05, 4.69) is 67.4 Å². The number of aliphatic hydroxyl groups excluding tert-OH is 1. The minimum absolute atomic E-state index is 0.0713. The molecule has 0 unspecified atom stereocenters. The standard InChI is InChI=1S/C23H50O4Si2/c1-14-19(24)16(3)21(25)18(5)22(27-29(12,13)23(6,7)8)17(4)20(15-2)26-28(9,10)11/h16-18,20-22,25H,14-15H2,1-13H3/t16-,17-,18+,20+,21+,22-/m0/s1. The quantitative estimate of drug-likeness (QED) is 0.360. The summed E-state index contributed by atoms with van der Waals surface area (Å²) in [6, 6.07) is 0. The summed E-state index contributed by atoms with van der Waals surface area (Å²) in [6.45, 7) is 28.0. The first-order chi connectivity index (χ1) is 12.9. The van der Waals surface area contributed by atoms with Gasteiger partial charge in [-0.15, -0.1) is 0 Å². The molecular weight excluding hydrogens is 396 g/mol. The van der Waals surface area contributed by atoms with Gasteiger partial charge in [0, 0.05) is 30.3 Å². The molecule has 0 heterocycles. The zero-order chi connectivity index (χ0) is 23.4. The van der Waals surface area contributed by atoms with Crippen molar-refractivity contribution in [2.75, 3.05) is 0 Å². The van der Waals surface area contributed by atoms with Crippen molar-refractivity contribution < 1.29 is 18.8 Å². The second-order valence-corrected chi connectivity index (χ2v) is 20.6.